The number of H-pyrrole nitrogens is 1. The lowest BCUT2D eigenvalue weighted by Gasteiger charge is -2.45. The minimum atomic E-state index is 0.593. The van der Waals surface area contributed by atoms with Crippen molar-refractivity contribution < 1.29 is 0 Å². The van der Waals surface area contributed by atoms with Crippen molar-refractivity contribution in [2.75, 3.05) is 13.6 Å². The van der Waals surface area contributed by atoms with Gasteiger partial charge in [-0.05, 0) is 68.8 Å². The maximum absolute atomic E-state index is 4.90. The van der Waals surface area contributed by atoms with Gasteiger partial charge in [-0.2, -0.15) is 0 Å². The fourth-order valence-electron chi connectivity index (χ4n) is 6.24. The Labute approximate surface area is 189 Å². The Balaban J connectivity index is 1.30. The molecule has 2 aromatic heterocycles. The molecule has 0 amide bonds. The lowest BCUT2D eigenvalue weighted by atomic mass is 9.71. The predicted molar refractivity (Wildman–Crippen MR) is 130 cm³/mol. The molecule has 32 heavy (non-hydrogen) atoms. The minimum absolute atomic E-state index is 0.593. The molecule has 4 heteroatoms. The Morgan fingerprint density at radius 2 is 1.78 bits per heavy atom. The van der Waals surface area contributed by atoms with Gasteiger partial charge in [0.15, 0.2) is 5.82 Å². The van der Waals surface area contributed by atoms with Crippen molar-refractivity contribution in [2.45, 2.75) is 45.1 Å². The number of nitrogens with one attached hydrogen (secondary N) is 1. The molecule has 4 aromatic rings. The molecule has 1 N–H and O–H groups in total. The van der Waals surface area contributed by atoms with Crippen molar-refractivity contribution in [1.29, 1.82) is 0 Å². The number of hydrogen-bond acceptors (Lipinski definition) is 3. The smallest absolute Gasteiger partial charge is 0.159 e. The summed E-state index contributed by atoms with van der Waals surface area (Å²) in [5.41, 5.74) is 8.98. The number of fused-ring (bicyclic) bond motifs is 2. The molecule has 0 bridgehead atoms. The van der Waals surface area contributed by atoms with Crippen LogP contribution in [0.15, 0.2) is 54.7 Å². The van der Waals surface area contributed by atoms with E-state index in [1.54, 1.807) is 0 Å². The van der Waals surface area contributed by atoms with Gasteiger partial charge in [-0.3, -0.25) is 0 Å². The first-order chi connectivity index (χ1) is 15.6. The third kappa shape index (κ3) is 3.17. The zero-order valence-corrected chi connectivity index (χ0v) is 19.1. The van der Waals surface area contributed by atoms with E-state index < -0.39 is 0 Å². The van der Waals surface area contributed by atoms with Gasteiger partial charge in [0.2, 0.25) is 0 Å². The molecule has 3 atom stereocenters. The average Bonchev–Trinajstić information content (AvgIpc) is 3.22. The second kappa shape index (κ2) is 7.56. The summed E-state index contributed by atoms with van der Waals surface area (Å²) >= 11 is 0. The maximum atomic E-state index is 4.90. The van der Waals surface area contributed by atoms with E-state index in [0.29, 0.717) is 17.9 Å². The van der Waals surface area contributed by atoms with Gasteiger partial charge < -0.3 is 9.88 Å². The Morgan fingerprint density at radius 1 is 1.00 bits per heavy atom. The number of likely N-dealkylation sites (N-methyl/N-ethyl adjacent to an activating group) is 1. The van der Waals surface area contributed by atoms with Crippen molar-refractivity contribution in [3.63, 3.8) is 0 Å². The summed E-state index contributed by atoms with van der Waals surface area (Å²) in [6.45, 7) is 5.44. The fraction of sp³-hybridized carbons (Fsp3) is 0.357. The quantitative estimate of drug-likeness (QED) is 0.478. The standard InChI is InChI=1S/C28H30N4/c1-17-23(18(2)31-28(30-17)20-8-5-4-6-9-20)12-19-13-24-22-10-7-11-25-27(22)21(15-29-25)14-26(24)32(3)16-19/h4-11,15,19,24,26,29H,12-14,16H2,1-3H3/t19?,24-,26-/m1/s1. The summed E-state index contributed by atoms with van der Waals surface area (Å²) in [6.07, 6.45) is 5.66. The molecule has 3 heterocycles. The van der Waals surface area contributed by atoms with E-state index >= 15 is 0 Å². The highest BCUT2D eigenvalue weighted by Gasteiger charge is 2.39. The molecule has 1 aliphatic carbocycles. The second-order valence-corrected chi connectivity index (χ2v) is 9.77. The Morgan fingerprint density at radius 3 is 2.56 bits per heavy atom. The minimum Gasteiger partial charge on any atom is -0.361 e. The number of piperidine rings is 1. The number of nitrogens with zero attached hydrogens (tertiary/aromatic N) is 3. The zero-order chi connectivity index (χ0) is 21.8. The third-order valence-electron chi connectivity index (χ3n) is 7.76. The maximum Gasteiger partial charge on any atom is 0.159 e. The number of aromatic amines is 1. The van der Waals surface area contributed by atoms with Crippen LogP contribution in [-0.2, 0) is 12.8 Å². The van der Waals surface area contributed by atoms with Crippen LogP contribution in [-0.4, -0.2) is 39.5 Å². The fourth-order valence-corrected chi connectivity index (χ4v) is 6.24. The molecular formula is C28H30N4. The first-order valence-electron chi connectivity index (χ1n) is 11.8. The number of aromatic nitrogens is 3. The van der Waals surface area contributed by atoms with E-state index in [0.717, 1.165) is 42.2 Å². The van der Waals surface area contributed by atoms with Gasteiger partial charge in [-0.15, -0.1) is 0 Å². The van der Waals surface area contributed by atoms with Crippen molar-refractivity contribution in [2.24, 2.45) is 5.92 Å². The molecule has 1 fully saturated rings. The number of aryl methyl sites for hydroxylation is 2. The lowest BCUT2D eigenvalue weighted by molar-refractivity contribution is 0.111. The van der Waals surface area contributed by atoms with Crippen LogP contribution in [0.5, 0.6) is 0 Å². The van der Waals surface area contributed by atoms with Gasteiger partial charge in [0, 0.05) is 52.6 Å². The number of rotatable bonds is 3. The molecule has 0 saturated carbocycles. The van der Waals surface area contributed by atoms with Crippen LogP contribution in [0.2, 0.25) is 0 Å². The van der Waals surface area contributed by atoms with Crippen LogP contribution in [0.3, 0.4) is 0 Å². The number of hydrogen-bond donors (Lipinski definition) is 1. The van der Waals surface area contributed by atoms with Gasteiger partial charge in [-0.25, -0.2) is 9.97 Å². The normalized spacial score (nSPS) is 22.8. The molecule has 0 radical (unpaired) electrons. The largest absolute Gasteiger partial charge is 0.361 e. The highest BCUT2D eigenvalue weighted by molar-refractivity contribution is 5.88. The highest BCUT2D eigenvalue weighted by Crippen LogP contribution is 2.45. The molecule has 6 rings (SSSR count). The summed E-state index contributed by atoms with van der Waals surface area (Å²) in [7, 11) is 2.32. The molecule has 4 nitrogen and oxygen atoms in total. The first kappa shape index (κ1) is 19.7. The van der Waals surface area contributed by atoms with Gasteiger partial charge in [0.05, 0.1) is 0 Å². The summed E-state index contributed by atoms with van der Waals surface area (Å²) in [4.78, 5) is 15.9. The highest BCUT2D eigenvalue weighted by atomic mass is 15.1. The van der Waals surface area contributed by atoms with E-state index in [9.17, 15) is 0 Å². The Hall–Kier alpha value is -2.98. The van der Waals surface area contributed by atoms with Crippen LogP contribution in [0.1, 0.15) is 40.4 Å². The van der Waals surface area contributed by atoms with Crippen LogP contribution >= 0.6 is 0 Å². The molecular weight excluding hydrogens is 392 g/mol. The summed E-state index contributed by atoms with van der Waals surface area (Å²) in [6, 6.07) is 17.7. The van der Waals surface area contributed by atoms with Gasteiger partial charge >= 0.3 is 0 Å². The van der Waals surface area contributed by atoms with E-state index in [1.165, 1.54) is 34.0 Å². The molecule has 162 valence electrons. The molecule has 0 spiro atoms. The van der Waals surface area contributed by atoms with E-state index in [4.69, 9.17) is 9.97 Å². The van der Waals surface area contributed by atoms with Crippen molar-refractivity contribution >= 4 is 10.9 Å². The lowest BCUT2D eigenvalue weighted by Crippen LogP contribution is -2.48. The molecule has 1 unspecified atom stereocenters. The van der Waals surface area contributed by atoms with Crippen molar-refractivity contribution in [1.82, 2.24) is 19.9 Å². The zero-order valence-electron chi connectivity index (χ0n) is 19.1. The summed E-state index contributed by atoms with van der Waals surface area (Å²) in [5.74, 6) is 2.04. The molecule has 2 aromatic carbocycles. The van der Waals surface area contributed by atoms with Crippen LogP contribution in [0.25, 0.3) is 22.3 Å². The monoisotopic (exact) mass is 422 g/mol. The van der Waals surface area contributed by atoms with Crippen molar-refractivity contribution in [3.8, 4) is 11.4 Å². The Kier molecular flexibility index (Phi) is 4.65. The molecule has 1 saturated heterocycles. The van der Waals surface area contributed by atoms with E-state index in [-0.39, 0.29) is 0 Å². The summed E-state index contributed by atoms with van der Waals surface area (Å²) < 4.78 is 0. The van der Waals surface area contributed by atoms with Crippen LogP contribution in [0, 0.1) is 19.8 Å². The second-order valence-electron chi connectivity index (χ2n) is 9.77. The third-order valence-corrected chi connectivity index (χ3v) is 7.76. The first-order valence-corrected chi connectivity index (χ1v) is 11.8. The average molecular weight is 423 g/mol. The van der Waals surface area contributed by atoms with Crippen molar-refractivity contribution in [3.05, 3.63) is 82.8 Å². The topological polar surface area (TPSA) is 44.8 Å². The molecule has 1 aliphatic heterocycles. The molecule has 2 aliphatic rings. The van der Waals surface area contributed by atoms with E-state index in [2.05, 4.69) is 67.3 Å². The SMILES string of the molecule is Cc1nc(-c2ccccc2)nc(C)c1CC1C[C@@H]2c3cccc4[nH]cc(c34)C[C@H]2N(C)C1. The summed E-state index contributed by atoms with van der Waals surface area (Å²) in [5, 5.41) is 1.48. The Bertz CT molecular complexity index is 1270. The van der Waals surface area contributed by atoms with E-state index in [1.807, 2.05) is 18.2 Å². The van der Waals surface area contributed by atoms with Crippen LogP contribution in [0.4, 0.5) is 0 Å². The van der Waals surface area contributed by atoms with Crippen LogP contribution < -0.4 is 0 Å². The van der Waals surface area contributed by atoms with Gasteiger partial charge in [0.25, 0.3) is 0 Å². The number of benzene rings is 2. The van der Waals surface area contributed by atoms with Gasteiger partial charge in [-0.1, -0.05) is 42.5 Å². The predicted octanol–water partition coefficient (Wildman–Crippen LogP) is 5.44. The van der Waals surface area contributed by atoms with Gasteiger partial charge in [0.1, 0.15) is 0 Å². The number of likely N-dealkylation sites (tertiary alicyclic amines) is 1.